The van der Waals surface area contributed by atoms with E-state index in [2.05, 4.69) is 18.9 Å². The minimum absolute atomic E-state index is 0.122. The first-order valence-electron chi connectivity index (χ1n) is 5.37. The van der Waals surface area contributed by atoms with Gasteiger partial charge in [-0.15, -0.1) is 5.73 Å². The molecule has 0 fully saturated rings. The Hall–Kier alpha value is -2.06. The van der Waals surface area contributed by atoms with Crippen LogP contribution in [0.1, 0.15) is 12.8 Å². The van der Waals surface area contributed by atoms with E-state index in [1.165, 1.54) is 20.3 Å². The second-order valence-corrected chi connectivity index (χ2v) is 3.55. The second kappa shape index (κ2) is 8.09. The average molecular weight is 250 g/mol. The lowest BCUT2D eigenvalue weighted by Crippen LogP contribution is -2.40. The van der Waals surface area contributed by atoms with E-state index in [4.69, 9.17) is 9.47 Å². The SMILES string of the molecule is C=C=CCC(C/C=C\C=C)(C(=O)OC)C(=O)OC. The number of hydrogen-bond donors (Lipinski definition) is 0. The molecule has 0 saturated heterocycles. The number of allylic oxidation sites excluding steroid dienone is 4. The number of rotatable bonds is 7. The third kappa shape index (κ3) is 3.75. The predicted molar refractivity (Wildman–Crippen MR) is 68.7 cm³/mol. The van der Waals surface area contributed by atoms with Crippen molar-refractivity contribution in [3.63, 3.8) is 0 Å². The molecule has 0 rings (SSSR count). The van der Waals surface area contributed by atoms with Gasteiger partial charge in [-0.2, -0.15) is 0 Å². The third-order valence-electron chi connectivity index (χ3n) is 2.49. The lowest BCUT2D eigenvalue weighted by Gasteiger charge is -2.25. The molecular weight excluding hydrogens is 232 g/mol. The molecule has 0 heterocycles. The van der Waals surface area contributed by atoms with Crippen molar-refractivity contribution in [2.24, 2.45) is 5.41 Å². The van der Waals surface area contributed by atoms with Crippen molar-refractivity contribution in [2.75, 3.05) is 14.2 Å². The summed E-state index contributed by atoms with van der Waals surface area (Å²) < 4.78 is 9.40. The number of carbonyl (C=O) groups excluding carboxylic acids is 2. The first kappa shape index (κ1) is 15.9. The predicted octanol–water partition coefficient (Wildman–Crippen LogP) is 2.18. The molecule has 0 aliphatic carbocycles. The van der Waals surface area contributed by atoms with Crippen LogP contribution in [0.25, 0.3) is 0 Å². The van der Waals surface area contributed by atoms with Gasteiger partial charge in [-0.05, 0) is 18.9 Å². The summed E-state index contributed by atoms with van der Waals surface area (Å²) in [5, 5.41) is 0. The van der Waals surface area contributed by atoms with Gasteiger partial charge >= 0.3 is 11.9 Å². The van der Waals surface area contributed by atoms with Crippen molar-refractivity contribution in [2.45, 2.75) is 12.8 Å². The maximum absolute atomic E-state index is 11.9. The zero-order valence-corrected chi connectivity index (χ0v) is 10.8. The molecule has 0 radical (unpaired) electrons. The van der Waals surface area contributed by atoms with E-state index in [1.54, 1.807) is 18.2 Å². The molecule has 4 heteroatoms. The number of carbonyl (C=O) groups is 2. The maximum Gasteiger partial charge on any atom is 0.323 e. The van der Waals surface area contributed by atoms with Crippen LogP contribution < -0.4 is 0 Å². The molecule has 0 aliphatic rings. The van der Waals surface area contributed by atoms with Crippen LogP contribution in [0.3, 0.4) is 0 Å². The summed E-state index contributed by atoms with van der Waals surface area (Å²) in [4.78, 5) is 23.8. The van der Waals surface area contributed by atoms with E-state index >= 15 is 0 Å². The molecule has 0 N–H and O–H groups in total. The summed E-state index contributed by atoms with van der Waals surface area (Å²) in [6, 6.07) is 0. The first-order chi connectivity index (χ1) is 8.58. The largest absolute Gasteiger partial charge is 0.468 e. The van der Waals surface area contributed by atoms with E-state index in [0.29, 0.717) is 0 Å². The summed E-state index contributed by atoms with van der Waals surface area (Å²) in [5.74, 6) is -1.29. The van der Waals surface area contributed by atoms with Gasteiger partial charge in [0.2, 0.25) is 0 Å². The van der Waals surface area contributed by atoms with Gasteiger partial charge in [0, 0.05) is 0 Å². The number of hydrogen-bond acceptors (Lipinski definition) is 4. The van der Waals surface area contributed by atoms with Crippen LogP contribution in [0.15, 0.2) is 43.2 Å². The monoisotopic (exact) mass is 250 g/mol. The number of methoxy groups -OCH3 is 2. The van der Waals surface area contributed by atoms with Crippen molar-refractivity contribution in [1.29, 1.82) is 0 Å². The zero-order valence-electron chi connectivity index (χ0n) is 10.8. The van der Waals surface area contributed by atoms with E-state index in [1.807, 2.05) is 0 Å². The topological polar surface area (TPSA) is 52.6 Å². The molecule has 0 atom stereocenters. The number of ether oxygens (including phenoxy) is 2. The average Bonchev–Trinajstić information content (AvgIpc) is 2.41. The molecule has 18 heavy (non-hydrogen) atoms. The van der Waals surface area contributed by atoms with Gasteiger partial charge in [-0.3, -0.25) is 9.59 Å². The summed E-state index contributed by atoms with van der Waals surface area (Å²) in [6.45, 7) is 6.93. The molecule has 4 nitrogen and oxygen atoms in total. The van der Waals surface area contributed by atoms with Crippen LogP contribution in [0.5, 0.6) is 0 Å². The summed E-state index contributed by atoms with van der Waals surface area (Å²) >= 11 is 0. The van der Waals surface area contributed by atoms with Crippen LogP contribution in [-0.2, 0) is 19.1 Å². The van der Waals surface area contributed by atoms with Gasteiger partial charge in [0.1, 0.15) is 0 Å². The summed E-state index contributed by atoms with van der Waals surface area (Å²) in [5.41, 5.74) is 1.14. The fraction of sp³-hybridized carbons (Fsp3) is 0.357. The summed E-state index contributed by atoms with van der Waals surface area (Å²) in [7, 11) is 2.46. The fourth-order valence-electron chi connectivity index (χ4n) is 1.50. The van der Waals surface area contributed by atoms with E-state index in [0.717, 1.165) is 0 Å². The Bertz CT molecular complexity index is 371. The van der Waals surface area contributed by atoms with Crippen LogP contribution >= 0.6 is 0 Å². The lowest BCUT2D eigenvalue weighted by atomic mass is 9.80. The third-order valence-corrected chi connectivity index (χ3v) is 2.49. The Kier molecular flexibility index (Phi) is 7.17. The van der Waals surface area contributed by atoms with Crippen molar-refractivity contribution in [3.8, 4) is 0 Å². The standard InChI is InChI=1S/C14H18O4/c1-5-7-9-11-14(10-8-6-2,12(15)17-3)13(16)18-4/h5,7-9H,1-2,10-11H2,3-4H3/b9-7-. The Morgan fingerprint density at radius 3 is 2.17 bits per heavy atom. The van der Waals surface area contributed by atoms with Crippen LogP contribution in [0.4, 0.5) is 0 Å². The van der Waals surface area contributed by atoms with Crippen LogP contribution in [0.2, 0.25) is 0 Å². The van der Waals surface area contributed by atoms with Crippen LogP contribution in [0, 0.1) is 5.41 Å². The normalized spacial score (nSPS) is 10.6. The molecule has 0 aromatic heterocycles. The molecule has 0 unspecified atom stereocenters. The van der Waals surface area contributed by atoms with Crippen molar-refractivity contribution < 1.29 is 19.1 Å². The Labute approximate surface area is 107 Å². The van der Waals surface area contributed by atoms with Gasteiger partial charge in [-0.1, -0.05) is 31.4 Å². The fourth-order valence-corrected chi connectivity index (χ4v) is 1.50. The molecule has 0 aromatic rings. The minimum atomic E-state index is -1.40. The van der Waals surface area contributed by atoms with Crippen LogP contribution in [-0.4, -0.2) is 26.2 Å². The van der Waals surface area contributed by atoms with Crippen molar-refractivity contribution in [3.05, 3.63) is 43.2 Å². The van der Waals surface area contributed by atoms with Gasteiger partial charge in [0.25, 0.3) is 0 Å². The molecule has 0 amide bonds. The minimum Gasteiger partial charge on any atom is -0.468 e. The van der Waals surface area contributed by atoms with Crippen molar-refractivity contribution >= 4 is 11.9 Å². The van der Waals surface area contributed by atoms with Gasteiger partial charge in [0.15, 0.2) is 5.41 Å². The summed E-state index contributed by atoms with van der Waals surface area (Å²) in [6.07, 6.45) is 6.67. The molecule has 98 valence electrons. The van der Waals surface area contributed by atoms with Crippen molar-refractivity contribution in [1.82, 2.24) is 0 Å². The van der Waals surface area contributed by atoms with Gasteiger partial charge in [0.05, 0.1) is 14.2 Å². The second-order valence-electron chi connectivity index (χ2n) is 3.55. The molecule has 0 aliphatic heterocycles. The zero-order chi connectivity index (χ0) is 14.0. The first-order valence-corrected chi connectivity index (χ1v) is 5.37. The molecule has 0 bridgehead atoms. The Balaban J connectivity index is 5.43. The highest BCUT2D eigenvalue weighted by Crippen LogP contribution is 2.31. The number of esters is 2. The van der Waals surface area contributed by atoms with Gasteiger partial charge in [-0.25, -0.2) is 0 Å². The highest BCUT2D eigenvalue weighted by Gasteiger charge is 2.46. The molecule has 0 spiro atoms. The smallest absolute Gasteiger partial charge is 0.323 e. The van der Waals surface area contributed by atoms with E-state index in [9.17, 15) is 9.59 Å². The Morgan fingerprint density at radius 2 is 1.78 bits per heavy atom. The molecular formula is C14H18O4. The highest BCUT2D eigenvalue weighted by atomic mass is 16.5. The van der Waals surface area contributed by atoms with E-state index in [-0.39, 0.29) is 12.8 Å². The lowest BCUT2D eigenvalue weighted by molar-refractivity contribution is -0.168. The molecule has 0 aromatic carbocycles. The molecule has 0 saturated carbocycles. The van der Waals surface area contributed by atoms with E-state index < -0.39 is 17.4 Å². The quantitative estimate of drug-likeness (QED) is 0.301. The Morgan fingerprint density at radius 1 is 1.22 bits per heavy atom. The van der Waals surface area contributed by atoms with Gasteiger partial charge < -0.3 is 9.47 Å². The highest BCUT2D eigenvalue weighted by molar-refractivity contribution is 6.00. The maximum atomic E-state index is 11.9.